The third kappa shape index (κ3) is 7.50. The molecule has 0 heterocycles. The number of methoxy groups -OCH3 is 1. The van der Waals surface area contributed by atoms with Gasteiger partial charge in [0.25, 0.3) is 5.91 Å². The molecule has 1 unspecified atom stereocenters. The van der Waals surface area contributed by atoms with Gasteiger partial charge < -0.3 is 10.1 Å². The van der Waals surface area contributed by atoms with Crippen LogP contribution in [0.1, 0.15) is 70.7 Å². The highest BCUT2D eigenvalue weighted by Gasteiger charge is 2.26. The fourth-order valence-corrected chi connectivity index (χ4v) is 4.38. The Morgan fingerprint density at radius 2 is 1.89 bits per heavy atom. The second-order valence-electron chi connectivity index (χ2n) is 7.85. The number of hydrogen-bond acceptors (Lipinski definition) is 4. The Labute approximate surface area is 164 Å². The molecule has 7 heteroatoms. The molecule has 27 heavy (non-hydrogen) atoms. The third-order valence-corrected chi connectivity index (χ3v) is 6.03. The topological polar surface area (TPSA) is 84.5 Å². The number of amides is 1. The molecule has 0 saturated carbocycles. The van der Waals surface area contributed by atoms with Crippen LogP contribution >= 0.6 is 0 Å². The number of carbonyl (C=O) groups is 1. The van der Waals surface area contributed by atoms with E-state index in [0.717, 1.165) is 25.7 Å². The Morgan fingerprint density at radius 3 is 2.41 bits per heavy atom. The number of carbonyl (C=O) groups excluding carboxylic acids is 1. The Bertz CT molecular complexity index is 724. The quantitative estimate of drug-likeness (QED) is 0.629. The van der Waals surface area contributed by atoms with Gasteiger partial charge in [-0.2, -0.15) is 0 Å². The fraction of sp³-hybridized carbons (Fsp3) is 0.650. The number of rotatable bonds is 10. The third-order valence-electron chi connectivity index (χ3n) is 4.25. The van der Waals surface area contributed by atoms with E-state index >= 15 is 0 Å². The molecule has 0 spiro atoms. The van der Waals surface area contributed by atoms with Gasteiger partial charge in [-0.3, -0.25) is 4.79 Å². The van der Waals surface area contributed by atoms with Gasteiger partial charge >= 0.3 is 0 Å². The van der Waals surface area contributed by atoms with Crippen LogP contribution in [0.4, 0.5) is 0 Å². The molecule has 6 nitrogen and oxygen atoms in total. The number of nitrogens with one attached hydrogen (secondary N) is 2. The summed E-state index contributed by atoms with van der Waals surface area (Å²) in [6.07, 6.45) is 4.34. The average molecular weight is 399 g/mol. The molecule has 1 aromatic carbocycles. The smallest absolute Gasteiger partial charge is 0.251 e. The van der Waals surface area contributed by atoms with Crippen molar-refractivity contribution in [2.75, 3.05) is 13.7 Å². The van der Waals surface area contributed by atoms with Crippen LogP contribution in [0.5, 0.6) is 5.75 Å². The van der Waals surface area contributed by atoms with E-state index in [1.165, 1.54) is 19.2 Å². The summed E-state index contributed by atoms with van der Waals surface area (Å²) in [4.78, 5) is 12.5. The van der Waals surface area contributed by atoms with Crippen LogP contribution in [-0.2, 0) is 10.0 Å². The summed E-state index contributed by atoms with van der Waals surface area (Å²) >= 11 is 0. The van der Waals surface area contributed by atoms with Crippen LogP contribution in [0, 0.1) is 5.92 Å². The van der Waals surface area contributed by atoms with E-state index in [-0.39, 0.29) is 16.6 Å². The van der Waals surface area contributed by atoms with E-state index in [1.54, 1.807) is 26.8 Å². The fourth-order valence-electron chi connectivity index (χ4n) is 2.77. The molecule has 154 valence electrons. The van der Waals surface area contributed by atoms with E-state index in [1.807, 2.05) is 0 Å². The lowest BCUT2D eigenvalue weighted by molar-refractivity contribution is 0.0945. The summed E-state index contributed by atoms with van der Waals surface area (Å²) in [5.41, 5.74) is -0.342. The molecule has 0 radical (unpaired) electrons. The maximum absolute atomic E-state index is 12.7. The summed E-state index contributed by atoms with van der Waals surface area (Å²) in [6, 6.07) is 4.47. The van der Waals surface area contributed by atoms with Gasteiger partial charge in [0, 0.05) is 17.6 Å². The van der Waals surface area contributed by atoms with Gasteiger partial charge in [0.2, 0.25) is 10.0 Å². The zero-order valence-electron chi connectivity index (χ0n) is 17.4. The van der Waals surface area contributed by atoms with Crippen molar-refractivity contribution in [1.29, 1.82) is 0 Å². The summed E-state index contributed by atoms with van der Waals surface area (Å²) in [6.45, 7) is 10.1. The molecule has 0 aliphatic heterocycles. The molecule has 1 atom stereocenters. The minimum absolute atomic E-state index is 0.0365. The maximum Gasteiger partial charge on any atom is 0.251 e. The predicted molar refractivity (Wildman–Crippen MR) is 109 cm³/mol. The summed E-state index contributed by atoms with van der Waals surface area (Å²) < 4.78 is 33.2. The van der Waals surface area contributed by atoms with Crippen molar-refractivity contribution < 1.29 is 17.9 Å². The molecule has 0 bridgehead atoms. The van der Waals surface area contributed by atoms with Crippen molar-refractivity contribution in [3.8, 4) is 5.75 Å². The van der Waals surface area contributed by atoms with Gasteiger partial charge in [-0.1, -0.05) is 33.1 Å². The Morgan fingerprint density at radius 1 is 1.22 bits per heavy atom. The highest BCUT2D eigenvalue weighted by molar-refractivity contribution is 7.89. The summed E-state index contributed by atoms with van der Waals surface area (Å²) in [7, 11) is -2.41. The van der Waals surface area contributed by atoms with Crippen LogP contribution in [0.3, 0.4) is 0 Å². The predicted octanol–water partition coefficient (Wildman–Crippen LogP) is 3.72. The number of ether oxygens (including phenoxy) is 1. The van der Waals surface area contributed by atoms with Gasteiger partial charge in [0.1, 0.15) is 10.6 Å². The number of sulfonamides is 1. The van der Waals surface area contributed by atoms with Crippen LogP contribution < -0.4 is 14.8 Å². The van der Waals surface area contributed by atoms with Crippen LogP contribution in [0.25, 0.3) is 0 Å². The van der Waals surface area contributed by atoms with E-state index in [0.29, 0.717) is 18.0 Å². The maximum atomic E-state index is 12.7. The van der Waals surface area contributed by atoms with Gasteiger partial charge in [0.15, 0.2) is 0 Å². The van der Waals surface area contributed by atoms with E-state index in [2.05, 4.69) is 23.9 Å². The average Bonchev–Trinajstić information content (AvgIpc) is 2.59. The molecule has 0 saturated heterocycles. The Hall–Kier alpha value is -1.60. The van der Waals surface area contributed by atoms with Crippen molar-refractivity contribution >= 4 is 15.9 Å². The lowest BCUT2D eigenvalue weighted by atomic mass is 9.99. The minimum Gasteiger partial charge on any atom is -0.495 e. The molecule has 0 aliphatic rings. The van der Waals surface area contributed by atoms with Crippen molar-refractivity contribution in [2.45, 2.75) is 70.7 Å². The summed E-state index contributed by atoms with van der Waals surface area (Å²) in [5, 5.41) is 2.93. The van der Waals surface area contributed by atoms with Crippen molar-refractivity contribution in [3.05, 3.63) is 23.8 Å². The second-order valence-corrected chi connectivity index (χ2v) is 9.50. The molecule has 0 aromatic heterocycles. The SMILES string of the molecule is CCCCC(CC)CNC(=O)c1ccc(OC)c(S(=O)(=O)NC(C)(C)C)c1. The zero-order chi connectivity index (χ0) is 20.7. The standard InChI is InChI=1S/C20H34N2O4S/c1-7-9-10-15(8-2)14-21-19(23)16-11-12-17(26-6)18(13-16)27(24,25)22-20(3,4)5/h11-13,15,22H,7-10,14H2,1-6H3,(H,21,23). The molecule has 2 N–H and O–H groups in total. The van der Waals surface area contributed by atoms with Crippen molar-refractivity contribution in [3.63, 3.8) is 0 Å². The van der Waals surface area contributed by atoms with E-state index in [4.69, 9.17) is 4.74 Å². The van der Waals surface area contributed by atoms with Gasteiger partial charge in [0.05, 0.1) is 7.11 Å². The lowest BCUT2D eigenvalue weighted by Gasteiger charge is -2.21. The number of unbranched alkanes of at least 4 members (excludes halogenated alkanes) is 1. The summed E-state index contributed by atoms with van der Waals surface area (Å²) in [5.74, 6) is 0.357. The van der Waals surface area contributed by atoms with Crippen LogP contribution in [0.15, 0.2) is 23.1 Å². The zero-order valence-corrected chi connectivity index (χ0v) is 18.2. The molecule has 1 amide bonds. The van der Waals surface area contributed by atoms with Gasteiger partial charge in [-0.25, -0.2) is 13.1 Å². The molecule has 1 rings (SSSR count). The van der Waals surface area contributed by atoms with Crippen LogP contribution in [-0.4, -0.2) is 33.5 Å². The first kappa shape index (κ1) is 23.4. The first-order chi connectivity index (χ1) is 12.5. The first-order valence-electron chi connectivity index (χ1n) is 9.54. The van der Waals surface area contributed by atoms with Crippen LogP contribution in [0.2, 0.25) is 0 Å². The monoisotopic (exact) mass is 398 g/mol. The highest BCUT2D eigenvalue weighted by Crippen LogP contribution is 2.26. The Kier molecular flexibility index (Phi) is 8.75. The number of benzene rings is 1. The lowest BCUT2D eigenvalue weighted by Crippen LogP contribution is -2.40. The minimum atomic E-state index is -3.82. The first-order valence-corrected chi connectivity index (χ1v) is 11.0. The van der Waals surface area contributed by atoms with E-state index in [9.17, 15) is 13.2 Å². The highest BCUT2D eigenvalue weighted by atomic mass is 32.2. The molecule has 0 fully saturated rings. The molecule has 1 aromatic rings. The largest absolute Gasteiger partial charge is 0.495 e. The molecule has 0 aliphatic carbocycles. The second kappa shape index (κ2) is 10.1. The van der Waals surface area contributed by atoms with Crippen molar-refractivity contribution in [2.24, 2.45) is 5.92 Å². The van der Waals surface area contributed by atoms with Crippen molar-refractivity contribution in [1.82, 2.24) is 10.0 Å². The van der Waals surface area contributed by atoms with Gasteiger partial charge in [-0.05, 0) is 51.3 Å². The molecular formula is C20H34N2O4S. The van der Waals surface area contributed by atoms with E-state index < -0.39 is 15.6 Å². The Balaban J connectivity index is 3.02. The number of hydrogen-bond donors (Lipinski definition) is 2. The normalized spacial score (nSPS) is 13.3. The van der Waals surface area contributed by atoms with Gasteiger partial charge in [-0.15, -0.1) is 0 Å². The molecular weight excluding hydrogens is 364 g/mol.